The second-order valence-electron chi connectivity index (χ2n) is 7.51. The summed E-state index contributed by atoms with van der Waals surface area (Å²) in [7, 11) is 0. The molecule has 0 spiro atoms. The number of fused-ring (bicyclic) bond motifs is 4. The second-order valence-corrected chi connectivity index (χ2v) is 7.51. The molecular formula is C20H26N2O. The highest BCUT2D eigenvalue weighted by Gasteiger charge is 2.42. The molecule has 0 aromatic heterocycles. The van der Waals surface area contributed by atoms with Gasteiger partial charge in [0, 0.05) is 32.2 Å². The van der Waals surface area contributed by atoms with Gasteiger partial charge in [0.2, 0.25) is 5.91 Å². The normalized spacial score (nSPS) is 28.0. The quantitative estimate of drug-likeness (QED) is 0.834. The molecule has 3 nitrogen and oxygen atoms in total. The lowest BCUT2D eigenvalue weighted by Crippen LogP contribution is -2.48. The van der Waals surface area contributed by atoms with E-state index in [4.69, 9.17) is 0 Å². The molecule has 3 heteroatoms. The van der Waals surface area contributed by atoms with Crippen LogP contribution >= 0.6 is 0 Å². The number of rotatable bonds is 5. The molecule has 0 unspecified atom stereocenters. The van der Waals surface area contributed by atoms with E-state index in [1.165, 1.54) is 30.4 Å². The van der Waals surface area contributed by atoms with E-state index < -0.39 is 0 Å². The molecule has 4 fully saturated rings. The number of nitrogens with zero attached hydrogens (tertiary/aromatic N) is 2. The third kappa shape index (κ3) is 3.20. The van der Waals surface area contributed by atoms with E-state index in [9.17, 15) is 4.79 Å². The van der Waals surface area contributed by atoms with Gasteiger partial charge in [0.15, 0.2) is 0 Å². The highest BCUT2D eigenvalue weighted by Crippen LogP contribution is 2.35. The van der Waals surface area contributed by atoms with Crippen LogP contribution < -0.4 is 0 Å². The molecule has 0 N–H and O–H groups in total. The molecule has 0 radical (unpaired) electrons. The number of piperidine rings is 1. The first kappa shape index (κ1) is 14.9. The molecule has 23 heavy (non-hydrogen) atoms. The smallest absolute Gasteiger partial charge is 0.227 e. The monoisotopic (exact) mass is 310 g/mol. The Kier molecular flexibility index (Phi) is 3.98. The van der Waals surface area contributed by atoms with Gasteiger partial charge >= 0.3 is 0 Å². The minimum absolute atomic E-state index is 0.218. The summed E-state index contributed by atoms with van der Waals surface area (Å²) in [6.07, 6.45) is 6.80. The maximum Gasteiger partial charge on any atom is 0.227 e. The molecule has 1 aliphatic carbocycles. The Morgan fingerprint density at radius 1 is 1.17 bits per heavy atom. The number of amides is 1. The Hall–Kier alpha value is -1.61. The zero-order valence-electron chi connectivity index (χ0n) is 13.8. The lowest BCUT2D eigenvalue weighted by atomic mass is 9.94. The largest absolute Gasteiger partial charge is 0.338 e. The Labute approximate surface area is 139 Å². The summed E-state index contributed by atoms with van der Waals surface area (Å²) >= 11 is 0. The van der Waals surface area contributed by atoms with Crippen LogP contribution in [0.5, 0.6) is 0 Å². The molecule has 3 saturated heterocycles. The van der Waals surface area contributed by atoms with Crippen molar-refractivity contribution in [3.63, 3.8) is 0 Å². The van der Waals surface area contributed by atoms with E-state index >= 15 is 0 Å². The Balaban J connectivity index is 1.48. The highest BCUT2D eigenvalue weighted by atomic mass is 16.2. The van der Waals surface area contributed by atoms with Crippen LogP contribution in [-0.2, 0) is 11.3 Å². The molecule has 1 saturated carbocycles. The molecule has 2 bridgehead atoms. The Morgan fingerprint density at radius 3 is 2.83 bits per heavy atom. The summed E-state index contributed by atoms with van der Waals surface area (Å²) in [5.41, 5.74) is 2.50. The van der Waals surface area contributed by atoms with Gasteiger partial charge in [-0.3, -0.25) is 9.69 Å². The van der Waals surface area contributed by atoms with E-state index in [-0.39, 0.29) is 5.92 Å². The van der Waals surface area contributed by atoms with Crippen molar-refractivity contribution >= 4 is 12.0 Å². The zero-order valence-corrected chi connectivity index (χ0v) is 13.8. The molecule has 122 valence electrons. The summed E-state index contributed by atoms with van der Waals surface area (Å²) in [4.78, 5) is 17.5. The molecule has 1 amide bonds. The molecule has 1 aromatic rings. The van der Waals surface area contributed by atoms with Crippen LogP contribution in [0.15, 0.2) is 30.8 Å². The number of hydrogen-bond acceptors (Lipinski definition) is 2. The first-order valence-electron chi connectivity index (χ1n) is 8.97. The van der Waals surface area contributed by atoms with Crippen molar-refractivity contribution in [3.05, 3.63) is 42.0 Å². The van der Waals surface area contributed by atoms with E-state index in [0.717, 1.165) is 38.5 Å². The molecule has 4 aliphatic rings. The van der Waals surface area contributed by atoms with Crippen molar-refractivity contribution in [1.29, 1.82) is 0 Å². The number of carbonyl (C=O) groups is 1. The first-order chi connectivity index (χ1) is 11.2. The fourth-order valence-corrected chi connectivity index (χ4v) is 4.15. The van der Waals surface area contributed by atoms with Crippen LogP contribution in [0.2, 0.25) is 0 Å². The second kappa shape index (κ2) is 6.12. The van der Waals surface area contributed by atoms with Gasteiger partial charge in [0.25, 0.3) is 0 Å². The summed E-state index contributed by atoms with van der Waals surface area (Å²) in [6.45, 7) is 7.77. The van der Waals surface area contributed by atoms with E-state index in [1.54, 1.807) is 0 Å². The van der Waals surface area contributed by atoms with E-state index in [2.05, 4.69) is 40.6 Å². The van der Waals surface area contributed by atoms with Gasteiger partial charge in [-0.15, -0.1) is 0 Å². The third-order valence-corrected chi connectivity index (χ3v) is 5.61. The van der Waals surface area contributed by atoms with Crippen molar-refractivity contribution < 1.29 is 4.79 Å². The maximum absolute atomic E-state index is 12.8. The van der Waals surface area contributed by atoms with Crippen LogP contribution in [0.25, 0.3) is 6.08 Å². The molecule has 1 aromatic carbocycles. The van der Waals surface area contributed by atoms with Gasteiger partial charge in [-0.2, -0.15) is 0 Å². The molecule has 3 aliphatic heterocycles. The first-order valence-corrected chi connectivity index (χ1v) is 8.97. The Morgan fingerprint density at radius 2 is 2.04 bits per heavy atom. The van der Waals surface area contributed by atoms with Gasteiger partial charge in [0.1, 0.15) is 0 Å². The standard InChI is InChI=1S/C20H26N2O/c1-2-15-4-3-5-17(10-15)11-21-13-18-8-9-19(14-21)22(20(18)23)12-16-6-7-16/h2-5,10,16,18-19H,1,6-9,11-14H2/t18-,19+/m0/s1. The zero-order chi connectivity index (χ0) is 15.8. The van der Waals surface area contributed by atoms with Crippen molar-refractivity contribution in [3.8, 4) is 0 Å². The van der Waals surface area contributed by atoms with Gasteiger partial charge in [-0.25, -0.2) is 0 Å². The minimum Gasteiger partial charge on any atom is -0.338 e. The summed E-state index contributed by atoms with van der Waals surface area (Å²) in [5.74, 6) is 1.43. The van der Waals surface area contributed by atoms with Crippen LogP contribution in [0.1, 0.15) is 36.8 Å². The van der Waals surface area contributed by atoms with Gasteiger partial charge in [-0.05, 0) is 42.7 Å². The lowest BCUT2D eigenvalue weighted by Gasteiger charge is -2.36. The van der Waals surface area contributed by atoms with Crippen LogP contribution in [0.4, 0.5) is 0 Å². The maximum atomic E-state index is 12.8. The molecule has 3 heterocycles. The van der Waals surface area contributed by atoms with Crippen molar-refractivity contribution in [2.24, 2.45) is 11.8 Å². The van der Waals surface area contributed by atoms with Crippen LogP contribution in [-0.4, -0.2) is 41.4 Å². The summed E-state index contributed by atoms with van der Waals surface area (Å²) in [6, 6.07) is 9.02. The van der Waals surface area contributed by atoms with E-state index in [1.807, 2.05) is 6.08 Å². The molecule has 5 rings (SSSR count). The fourth-order valence-electron chi connectivity index (χ4n) is 4.15. The van der Waals surface area contributed by atoms with Crippen LogP contribution in [0.3, 0.4) is 0 Å². The van der Waals surface area contributed by atoms with Crippen molar-refractivity contribution in [1.82, 2.24) is 9.80 Å². The summed E-state index contributed by atoms with van der Waals surface area (Å²) < 4.78 is 0. The fraction of sp³-hybridized carbons (Fsp3) is 0.550. The number of carbonyl (C=O) groups excluding carboxylic acids is 1. The predicted molar refractivity (Wildman–Crippen MR) is 92.8 cm³/mol. The average molecular weight is 310 g/mol. The number of benzene rings is 1. The van der Waals surface area contributed by atoms with Crippen LogP contribution in [0, 0.1) is 11.8 Å². The van der Waals surface area contributed by atoms with Gasteiger partial charge in [0.05, 0.1) is 5.92 Å². The topological polar surface area (TPSA) is 23.6 Å². The van der Waals surface area contributed by atoms with Gasteiger partial charge < -0.3 is 4.90 Å². The predicted octanol–water partition coefficient (Wildman–Crippen LogP) is 3.16. The average Bonchev–Trinajstić information content (AvgIpc) is 3.39. The Bertz CT molecular complexity index is 607. The summed E-state index contributed by atoms with van der Waals surface area (Å²) in [5, 5.41) is 0. The SMILES string of the molecule is C=Cc1cccc(CN2C[C@@H]3CC[C@H](C2)N(CC2CC2)C3=O)c1. The lowest BCUT2D eigenvalue weighted by molar-refractivity contribution is -0.140. The van der Waals surface area contributed by atoms with Crippen molar-refractivity contribution in [2.75, 3.05) is 19.6 Å². The number of hydrogen-bond donors (Lipinski definition) is 0. The van der Waals surface area contributed by atoms with Gasteiger partial charge in [-0.1, -0.05) is 36.9 Å². The molecular weight excluding hydrogens is 284 g/mol. The molecule has 2 atom stereocenters. The third-order valence-electron chi connectivity index (χ3n) is 5.61. The highest BCUT2D eigenvalue weighted by molar-refractivity contribution is 5.80. The van der Waals surface area contributed by atoms with Crippen molar-refractivity contribution in [2.45, 2.75) is 38.3 Å². The minimum atomic E-state index is 0.218. The van der Waals surface area contributed by atoms with E-state index in [0.29, 0.717) is 11.9 Å².